The van der Waals surface area contributed by atoms with Gasteiger partial charge in [0.05, 0.1) is 6.54 Å². The van der Waals surface area contributed by atoms with Gasteiger partial charge >= 0.3 is 5.97 Å². The van der Waals surface area contributed by atoms with Crippen LogP contribution in [-0.2, 0) is 19.2 Å². The molecule has 8 heteroatoms. The highest BCUT2D eigenvalue weighted by Gasteiger charge is 2.25. The van der Waals surface area contributed by atoms with Gasteiger partial charge in [-0.2, -0.15) is 0 Å². The van der Waals surface area contributed by atoms with Gasteiger partial charge in [0.1, 0.15) is 6.04 Å². The molecular formula is C11H17N3O5. The van der Waals surface area contributed by atoms with Gasteiger partial charge in [0.25, 0.3) is 0 Å². The van der Waals surface area contributed by atoms with Gasteiger partial charge in [-0.25, -0.2) is 4.79 Å². The number of nitrogens with zero attached hydrogens (tertiary/aromatic N) is 1. The standard InChI is InChI=1S/C11H17N3O5/c12-8(15)4-3-7(11(18)19)13-9(16)6-14-5-1-2-10(14)17/h7H,1-6H2,(H2,12,15)(H,13,16)(H,18,19)/t7-/m0/s1. The van der Waals surface area contributed by atoms with E-state index in [1.165, 1.54) is 4.90 Å². The molecule has 1 fully saturated rings. The van der Waals surface area contributed by atoms with Crippen LogP contribution in [0.5, 0.6) is 0 Å². The summed E-state index contributed by atoms with van der Waals surface area (Å²) in [5.74, 6) is -2.52. The first-order valence-corrected chi connectivity index (χ1v) is 5.98. The number of carboxylic acids is 1. The molecule has 1 heterocycles. The molecule has 0 spiro atoms. The van der Waals surface area contributed by atoms with Crippen molar-refractivity contribution in [1.29, 1.82) is 0 Å². The SMILES string of the molecule is NC(=O)CC[C@H](NC(=O)CN1CCCC1=O)C(=O)O. The topological polar surface area (TPSA) is 130 Å². The summed E-state index contributed by atoms with van der Waals surface area (Å²) in [6.45, 7) is 0.352. The van der Waals surface area contributed by atoms with Crippen LogP contribution in [0.25, 0.3) is 0 Å². The highest BCUT2D eigenvalue weighted by atomic mass is 16.4. The highest BCUT2D eigenvalue weighted by Crippen LogP contribution is 2.08. The Morgan fingerprint density at radius 1 is 1.42 bits per heavy atom. The van der Waals surface area contributed by atoms with Gasteiger partial charge in [0, 0.05) is 19.4 Å². The minimum absolute atomic E-state index is 0.0651. The molecule has 19 heavy (non-hydrogen) atoms. The van der Waals surface area contributed by atoms with E-state index >= 15 is 0 Å². The van der Waals surface area contributed by atoms with E-state index in [1.807, 2.05) is 0 Å². The van der Waals surface area contributed by atoms with E-state index in [0.717, 1.165) is 0 Å². The maximum absolute atomic E-state index is 11.6. The van der Waals surface area contributed by atoms with E-state index in [1.54, 1.807) is 0 Å². The summed E-state index contributed by atoms with van der Waals surface area (Å²) in [6, 6.07) is -1.17. The quantitative estimate of drug-likeness (QED) is 0.515. The Hall–Kier alpha value is -2.12. The Balaban J connectivity index is 2.44. The molecule has 0 aromatic carbocycles. The maximum Gasteiger partial charge on any atom is 0.326 e. The Kier molecular flexibility index (Phi) is 5.28. The minimum atomic E-state index is -1.23. The molecule has 106 valence electrons. The number of carbonyl (C=O) groups excluding carboxylic acids is 3. The smallest absolute Gasteiger partial charge is 0.326 e. The molecule has 0 radical (unpaired) electrons. The second-order valence-electron chi connectivity index (χ2n) is 4.38. The Morgan fingerprint density at radius 3 is 2.58 bits per heavy atom. The van der Waals surface area contributed by atoms with E-state index in [0.29, 0.717) is 19.4 Å². The Labute approximate surface area is 109 Å². The molecule has 1 saturated heterocycles. The summed E-state index contributed by atoms with van der Waals surface area (Å²) in [4.78, 5) is 45.8. The van der Waals surface area contributed by atoms with Gasteiger partial charge in [-0.1, -0.05) is 0 Å². The molecule has 1 atom stereocenters. The molecule has 4 N–H and O–H groups in total. The number of primary amides is 1. The highest BCUT2D eigenvalue weighted by molar-refractivity contribution is 5.88. The fraction of sp³-hybridized carbons (Fsp3) is 0.636. The molecule has 0 aromatic rings. The van der Waals surface area contributed by atoms with Crippen molar-refractivity contribution < 1.29 is 24.3 Å². The lowest BCUT2D eigenvalue weighted by atomic mass is 10.1. The van der Waals surface area contributed by atoms with Crippen molar-refractivity contribution in [2.45, 2.75) is 31.7 Å². The van der Waals surface area contributed by atoms with Crippen molar-refractivity contribution in [2.24, 2.45) is 5.73 Å². The monoisotopic (exact) mass is 271 g/mol. The average molecular weight is 271 g/mol. The second kappa shape index (κ2) is 6.72. The lowest BCUT2D eigenvalue weighted by molar-refractivity contribution is -0.142. The third-order valence-electron chi connectivity index (χ3n) is 2.82. The number of aliphatic carboxylic acids is 1. The van der Waals surface area contributed by atoms with Crippen LogP contribution in [0.15, 0.2) is 0 Å². The third kappa shape index (κ3) is 4.94. The van der Waals surface area contributed by atoms with Gasteiger partial charge in [0.15, 0.2) is 0 Å². The van der Waals surface area contributed by atoms with E-state index in [-0.39, 0.29) is 25.3 Å². The molecule has 0 aromatic heterocycles. The molecule has 1 rings (SSSR count). The summed E-state index contributed by atoms with van der Waals surface area (Å²) in [5, 5.41) is 11.2. The number of hydrogen-bond donors (Lipinski definition) is 3. The van der Waals surface area contributed by atoms with Gasteiger partial charge in [-0.15, -0.1) is 0 Å². The number of likely N-dealkylation sites (tertiary alicyclic amines) is 1. The second-order valence-corrected chi connectivity index (χ2v) is 4.38. The summed E-state index contributed by atoms with van der Waals surface area (Å²) >= 11 is 0. The van der Waals surface area contributed by atoms with E-state index in [9.17, 15) is 19.2 Å². The number of amides is 3. The molecule has 0 saturated carbocycles. The fourth-order valence-electron chi connectivity index (χ4n) is 1.83. The Bertz CT molecular complexity index is 396. The largest absolute Gasteiger partial charge is 0.480 e. The lowest BCUT2D eigenvalue weighted by Gasteiger charge is -2.18. The van der Waals surface area contributed by atoms with Crippen molar-refractivity contribution in [3.8, 4) is 0 Å². The van der Waals surface area contributed by atoms with Crippen LogP contribution in [0, 0.1) is 0 Å². The van der Waals surface area contributed by atoms with Gasteiger partial charge in [-0.3, -0.25) is 14.4 Å². The first-order chi connectivity index (χ1) is 8.90. The fourth-order valence-corrected chi connectivity index (χ4v) is 1.83. The summed E-state index contributed by atoms with van der Waals surface area (Å²) in [5.41, 5.74) is 4.92. The van der Waals surface area contributed by atoms with Crippen LogP contribution >= 0.6 is 0 Å². The zero-order valence-electron chi connectivity index (χ0n) is 10.4. The van der Waals surface area contributed by atoms with E-state index in [2.05, 4.69) is 5.32 Å². The summed E-state index contributed by atoms with van der Waals surface area (Å²) in [7, 11) is 0. The Morgan fingerprint density at radius 2 is 2.11 bits per heavy atom. The number of carboxylic acid groups (broad SMARTS) is 1. The number of rotatable bonds is 7. The molecule has 1 aliphatic rings. The van der Waals surface area contributed by atoms with Crippen LogP contribution in [0.3, 0.4) is 0 Å². The number of nitrogens with two attached hydrogens (primary N) is 1. The third-order valence-corrected chi connectivity index (χ3v) is 2.82. The zero-order chi connectivity index (χ0) is 14.4. The molecule has 0 unspecified atom stereocenters. The lowest BCUT2D eigenvalue weighted by Crippen LogP contribution is -2.46. The van der Waals surface area contributed by atoms with Crippen LogP contribution < -0.4 is 11.1 Å². The number of hydrogen-bond acceptors (Lipinski definition) is 4. The summed E-state index contributed by atoms with van der Waals surface area (Å²) in [6.07, 6.45) is 0.928. The van der Waals surface area contributed by atoms with Crippen LogP contribution in [-0.4, -0.2) is 52.8 Å². The van der Waals surface area contributed by atoms with Crippen molar-refractivity contribution in [1.82, 2.24) is 10.2 Å². The number of nitrogens with one attached hydrogen (secondary N) is 1. The number of carbonyl (C=O) groups is 4. The van der Waals surface area contributed by atoms with Gasteiger partial charge in [-0.05, 0) is 12.8 Å². The van der Waals surface area contributed by atoms with Gasteiger partial charge < -0.3 is 21.1 Å². The van der Waals surface area contributed by atoms with Crippen LogP contribution in [0.1, 0.15) is 25.7 Å². The normalized spacial score (nSPS) is 16.2. The summed E-state index contributed by atoms with van der Waals surface area (Å²) < 4.78 is 0. The van der Waals surface area contributed by atoms with Crippen LogP contribution in [0.4, 0.5) is 0 Å². The zero-order valence-corrected chi connectivity index (χ0v) is 10.4. The maximum atomic E-state index is 11.6. The van der Waals surface area contributed by atoms with Crippen molar-refractivity contribution in [3.63, 3.8) is 0 Å². The molecular weight excluding hydrogens is 254 g/mol. The predicted molar refractivity (Wildman–Crippen MR) is 63.8 cm³/mol. The van der Waals surface area contributed by atoms with Crippen molar-refractivity contribution >= 4 is 23.7 Å². The predicted octanol–water partition coefficient (Wildman–Crippen LogP) is -1.56. The molecule has 0 aliphatic carbocycles. The first kappa shape index (κ1) is 14.9. The van der Waals surface area contributed by atoms with E-state index < -0.39 is 23.8 Å². The molecule has 3 amide bonds. The minimum Gasteiger partial charge on any atom is -0.480 e. The van der Waals surface area contributed by atoms with Crippen molar-refractivity contribution in [2.75, 3.05) is 13.1 Å². The average Bonchev–Trinajstić information content (AvgIpc) is 2.69. The van der Waals surface area contributed by atoms with Gasteiger partial charge in [0.2, 0.25) is 17.7 Å². The van der Waals surface area contributed by atoms with E-state index in [4.69, 9.17) is 10.8 Å². The molecule has 0 bridgehead atoms. The van der Waals surface area contributed by atoms with Crippen molar-refractivity contribution in [3.05, 3.63) is 0 Å². The molecule has 8 nitrogen and oxygen atoms in total. The molecule has 1 aliphatic heterocycles. The van der Waals surface area contributed by atoms with Crippen LogP contribution in [0.2, 0.25) is 0 Å². The first-order valence-electron chi connectivity index (χ1n) is 5.98.